The first kappa shape index (κ1) is 32.1. The van der Waals surface area contributed by atoms with Gasteiger partial charge in [0.2, 0.25) is 0 Å². The standard InChI is InChI=1S/C23H48O4S.Na/c1-3-5-7-9-10-11-13-14-18-22(24)19-16-17-21-23(28(25,26)27)20-15-12-8-6-4-2;/h22-24H,3-21H2,1-2H3,(H,25,26,27);/q;+1/p-1. The molecule has 29 heavy (non-hydrogen) atoms. The third kappa shape index (κ3) is 21.9. The van der Waals surface area contributed by atoms with Gasteiger partial charge in [0.25, 0.3) is 0 Å². The molecule has 170 valence electrons. The molecule has 0 aliphatic rings. The van der Waals surface area contributed by atoms with E-state index in [1.54, 1.807) is 0 Å². The van der Waals surface area contributed by atoms with E-state index in [9.17, 15) is 18.1 Å². The molecule has 0 saturated heterocycles. The Kier molecular flexibility index (Phi) is 24.4. The average Bonchev–Trinajstić information content (AvgIpc) is 2.64. The Morgan fingerprint density at radius 3 is 1.34 bits per heavy atom. The minimum atomic E-state index is -4.20. The molecule has 0 amide bonds. The Balaban J connectivity index is 0. The van der Waals surface area contributed by atoms with E-state index in [-0.39, 0.29) is 35.7 Å². The summed E-state index contributed by atoms with van der Waals surface area (Å²) in [6.45, 7) is 4.38. The van der Waals surface area contributed by atoms with Crippen LogP contribution in [0.3, 0.4) is 0 Å². The molecule has 0 aliphatic carbocycles. The van der Waals surface area contributed by atoms with Gasteiger partial charge in [-0.15, -0.1) is 0 Å². The van der Waals surface area contributed by atoms with E-state index in [0.717, 1.165) is 57.8 Å². The van der Waals surface area contributed by atoms with E-state index in [0.29, 0.717) is 12.8 Å². The van der Waals surface area contributed by atoms with Gasteiger partial charge in [0.15, 0.2) is 0 Å². The first-order valence-corrected chi connectivity index (χ1v) is 13.5. The van der Waals surface area contributed by atoms with Crippen LogP contribution in [0, 0.1) is 0 Å². The van der Waals surface area contributed by atoms with Crippen LogP contribution in [-0.4, -0.2) is 29.4 Å². The van der Waals surface area contributed by atoms with Gasteiger partial charge in [0, 0.05) is 5.25 Å². The number of hydrogen-bond donors (Lipinski definition) is 1. The largest absolute Gasteiger partial charge is 1.00 e. The molecule has 4 nitrogen and oxygen atoms in total. The van der Waals surface area contributed by atoms with Crippen molar-refractivity contribution >= 4 is 10.1 Å². The zero-order valence-electron chi connectivity index (χ0n) is 19.7. The normalized spacial score (nSPS) is 13.8. The van der Waals surface area contributed by atoms with E-state index < -0.39 is 15.4 Å². The second-order valence-electron chi connectivity index (χ2n) is 8.52. The molecule has 2 unspecified atom stereocenters. The summed E-state index contributed by atoms with van der Waals surface area (Å²) >= 11 is 0. The van der Waals surface area contributed by atoms with Crippen LogP contribution in [0.5, 0.6) is 0 Å². The topological polar surface area (TPSA) is 77.4 Å². The van der Waals surface area contributed by atoms with E-state index >= 15 is 0 Å². The van der Waals surface area contributed by atoms with Crippen LogP contribution >= 0.6 is 0 Å². The van der Waals surface area contributed by atoms with Crippen molar-refractivity contribution in [2.45, 2.75) is 147 Å². The van der Waals surface area contributed by atoms with Gasteiger partial charge in [-0.05, 0) is 25.7 Å². The van der Waals surface area contributed by atoms with Crippen LogP contribution in [0.2, 0.25) is 0 Å². The minimum Gasteiger partial charge on any atom is -0.748 e. The zero-order valence-corrected chi connectivity index (χ0v) is 22.5. The van der Waals surface area contributed by atoms with Crippen LogP contribution in [-0.2, 0) is 10.1 Å². The van der Waals surface area contributed by atoms with Crippen molar-refractivity contribution in [2.75, 3.05) is 0 Å². The number of unbranched alkanes of at least 4 members (excludes halogenated alkanes) is 12. The molecule has 0 aromatic rings. The molecule has 1 N–H and O–H groups in total. The van der Waals surface area contributed by atoms with Crippen molar-refractivity contribution in [1.29, 1.82) is 0 Å². The molecule has 0 aliphatic heterocycles. The Hall–Kier alpha value is 0.870. The van der Waals surface area contributed by atoms with Crippen molar-refractivity contribution in [1.82, 2.24) is 0 Å². The summed E-state index contributed by atoms with van der Waals surface area (Å²) in [6.07, 6.45) is 19.2. The second kappa shape index (κ2) is 22.1. The fourth-order valence-corrected chi connectivity index (χ4v) is 4.73. The molecule has 0 saturated carbocycles. The molecule has 6 heteroatoms. The molecular weight excluding hydrogens is 395 g/mol. The predicted molar refractivity (Wildman–Crippen MR) is 119 cm³/mol. The van der Waals surface area contributed by atoms with Gasteiger partial charge < -0.3 is 9.66 Å². The summed E-state index contributed by atoms with van der Waals surface area (Å²) in [5, 5.41) is 9.35. The van der Waals surface area contributed by atoms with Crippen LogP contribution < -0.4 is 29.6 Å². The van der Waals surface area contributed by atoms with Crippen molar-refractivity contribution in [3.63, 3.8) is 0 Å². The summed E-state index contributed by atoms with van der Waals surface area (Å²) in [5.41, 5.74) is 0. The SMILES string of the molecule is CCCCCCCCCCC(O)CCCCC(CCCCCCC)S(=O)(=O)[O-].[Na+]. The van der Waals surface area contributed by atoms with E-state index in [4.69, 9.17) is 0 Å². The molecule has 0 aromatic heterocycles. The zero-order chi connectivity index (χ0) is 21.1. The molecule has 0 radical (unpaired) electrons. The molecule has 0 spiro atoms. The number of hydrogen-bond acceptors (Lipinski definition) is 4. The van der Waals surface area contributed by atoms with Gasteiger partial charge in [0.1, 0.15) is 0 Å². The first-order valence-electron chi connectivity index (χ1n) is 12.0. The summed E-state index contributed by atoms with van der Waals surface area (Å²) < 4.78 is 34.4. The van der Waals surface area contributed by atoms with Crippen LogP contribution in [0.25, 0.3) is 0 Å². The Morgan fingerprint density at radius 1 is 0.621 bits per heavy atom. The van der Waals surface area contributed by atoms with E-state index in [2.05, 4.69) is 13.8 Å². The van der Waals surface area contributed by atoms with Gasteiger partial charge in [0.05, 0.1) is 16.2 Å². The van der Waals surface area contributed by atoms with Gasteiger partial charge >= 0.3 is 29.6 Å². The smallest absolute Gasteiger partial charge is 0.748 e. The van der Waals surface area contributed by atoms with Crippen molar-refractivity contribution < 1.29 is 47.6 Å². The molecule has 0 rings (SSSR count). The number of aliphatic hydroxyl groups is 1. The number of rotatable bonds is 21. The van der Waals surface area contributed by atoms with Crippen molar-refractivity contribution in [3.05, 3.63) is 0 Å². The summed E-state index contributed by atoms with van der Waals surface area (Å²) in [6, 6.07) is 0. The fourth-order valence-electron chi connectivity index (χ4n) is 3.82. The molecular formula is C23H47NaO4S. The summed E-state index contributed by atoms with van der Waals surface area (Å²) in [5.74, 6) is 0. The average molecular weight is 443 g/mol. The Morgan fingerprint density at radius 2 is 0.931 bits per heavy atom. The van der Waals surface area contributed by atoms with Crippen molar-refractivity contribution in [3.8, 4) is 0 Å². The molecule has 0 bridgehead atoms. The third-order valence-corrected chi connectivity index (χ3v) is 7.03. The van der Waals surface area contributed by atoms with Gasteiger partial charge in [-0.25, -0.2) is 8.42 Å². The fraction of sp³-hybridized carbons (Fsp3) is 1.00. The quantitative estimate of drug-likeness (QED) is 0.167. The Bertz CT molecular complexity index is 429. The first-order chi connectivity index (χ1) is 13.4. The maximum atomic E-state index is 11.5. The van der Waals surface area contributed by atoms with Crippen LogP contribution in [0.1, 0.15) is 136 Å². The second-order valence-corrected chi connectivity index (χ2v) is 10.2. The van der Waals surface area contributed by atoms with E-state index in [1.165, 1.54) is 51.4 Å². The maximum Gasteiger partial charge on any atom is 1.00 e. The Labute approximate surface area is 204 Å². The van der Waals surface area contributed by atoms with Gasteiger partial charge in [-0.2, -0.15) is 0 Å². The molecule has 2 atom stereocenters. The van der Waals surface area contributed by atoms with Crippen molar-refractivity contribution in [2.24, 2.45) is 0 Å². The molecule has 0 fully saturated rings. The molecule has 0 aromatic carbocycles. The maximum absolute atomic E-state index is 11.5. The monoisotopic (exact) mass is 442 g/mol. The van der Waals surface area contributed by atoms with Crippen LogP contribution in [0.15, 0.2) is 0 Å². The van der Waals surface area contributed by atoms with Gasteiger partial charge in [-0.1, -0.05) is 110 Å². The third-order valence-electron chi connectivity index (χ3n) is 5.74. The van der Waals surface area contributed by atoms with Crippen LogP contribution in [0.4, 0.5) is 0 Å². The summed E-state index contributed by atoms with van der Waals surface area (Å²) in [7, 11) is -4.20. The molecule has 0 heterocycles. The van der Waals surface area contributed by atoms with E-state index in [1.807, 2.05) is 0 Å². The summed E-state index contributed by atoms with van der Waals surface area (Å²) in [4.78, 5) is 0. The number of aliphatic hydroxyl groups excluding tert-OH is 1. The van der Waals surface area contributed by atoms with Gasteiger partial charge in [-0.3, -0.25) is 0 Å². The predicted octanol–water partition coefficient (Wildman–Crippen LogP) is 3.72. The minimum absolute atomic E-state index is 0.